The molecule has 0 radical (unpaired) electrons. The minimum atomic E-state index is -2.16. The zero-order valence-electron chi connectivity index (χ0n) is 16.1. The second-order valence-corrected chi connectivity index (χ2v) is 7.92. The van der Waals surface area contributed by atoms with Crippen molar-refractivity contribution < 1.29 is 29.0 Å². The van der Waals surface area contributed by atoms with Crippen molar-refractivity contribution in [1.82, 2.24) is 0 Å². The van der Waals surface area contributed by atoms with Gasteiger partial charge in [0.25, 0.3) is 0 Å². The number of carbonyl (C=O) groups excluding carboxylic acids is 3. The van der Waals surface area contributed by atoms with Crippen LogP contribution in [-0.4, -0.2) is 48.9 Å². The second kappa shape index (κ2) is 8.80. The van der Waals surface area contributed by atoms with Crippen LogP contribution in [0.25, 0.3) is 0 Å². The summed E-state index contributed by atoms with van der Waals surface area (Å²) in [5, 5.41) is 10.3. The van der Waals surface area contributed by atoms with Gasteiger partial charge in [-0.3, -0.25) is 14.4 Å². The van der Waals surface area contributed by atoms with Gasteiger partial charge in [-0.1, -0.05) is 60.7 Å². The van der Waals surface area contributed by atoms with Crippen LogP contribution in [0.2, 0.25) is 0 Å². The van der Waals surface area contributed by atoms with Crippen molar-refractivity contribution in [3.8, 4) is 0 Å². The Morgan fingerprint density at radius 2 is 1.45 bits per heavy atom. The molecular weight excluding hydrogens is 392 g/mol. The number of benzene rings is 2. The molecule has 152 valence electrons. The lowest BCUT2D eigenvalue weighted by Crippen LogP contribution is -2.61. The van der Waals surface area contributed by atoms with Crippen LogP contribution in [0.5, 0.6) is 0 Å². The molecule has 3 atom stereocenters. The fraction of sp³-hybridized carbons (Fsp3) is 0.318. The summed E-state index contributed by atoms with van der Waals surface area (Å²) in [6, 6.07) is 17.6. The van der Waals surface area contributed by atoms with Gasteiger partial charge < -0.3 is 14.6 Å². The Balaban J connectivity index is 2.25. The second-order valence-electron chi connectivity index (χ2n) is 6.74. The number of rotatable bonds is 5. The Labute approximate surface area is 173 Å². The number of aliphatic hydroxyl groups is 1. The van der Waals surface area contributed by atoms with E-state index in [2.05, 4.69) is 0 Å². The first-order chi connectivity index (χ1) is 14.0. The molecule has 1 N–H and O–H groups in total. The Hall–Kier alpha value is -2.64. The van der Waals surface area contributed by atoms with Gasteiger partial charge in [-0.25, -0.2) is 0 Å². The summed E-state index contributed by atoms with van der Waals surface area (Å²) in [6.07, 6.45) is -1.44. The number of esters is 2. The van der Waals surface area contributed by atoms with Crippen LogP contribution in [-0.2, 0) is 19.1 Å². The van der Waals surface area contributed by atoms with Crippen molar-refractivity contribution in [2.24, 2.45) is 11.3 Å². The molecule has 2 aromatic carbocycles. The molecule has 7 heteroatoms. The van der Waals surface area contributed by atoms with Gasteiger partial charge in [0, 0.05) is 16.6 Å². The summed E-state index contributed by atoms with van der Waals surface area (Å²) in [4.78, 5) is 39.6. The topological polar surface area (TPSA) is 89.9 Å². The number of methoxy groups -OCH3 is 2. The van der Waals surface area contributed by atoms with Crippen molar-refractivity contribution in [2.75, 3.05) is 20.0 Å². The SMILES string of the molecule is COC(=O)C1(C(=O)OC)[C@H](C(=O)c2ccccc2)[C@H](c2ccccc2)SC[C@@H]1O. The molecule has 0 saturated carbocycles. The van der Waals surface area contributed by atoms with Crippen molar-refractivity contribution >= 4 is 29.5 Å². The predicted octanol–water partition coefficient (Wildman–Crippen LogP) is 2.67. The maximum Gasteiger partial charge on any atom is 0.326 e. The largest absolute Gasteiger partial charge is 0.468 e. The zero-order chi connectivity index (χ0) is 21.0. The first-order valence-electron chi connectivity index (χ1n) is 9.09. The normalized spacial score (nSPS) is 23.1. The van der Waals surface area contributed by atoms with Crippen LogP contribution in [0.3, 0.4) is 0 Å². The molecule has 1 aliphatic rings. The fourth-order valence-electron chi connectivity index (χ4n) is 3.87. The lowest BCUT2D eigenvalue weighted by atomic mass is 9.65. The summed E-state index contributed by atoms with van der Waals surface area (Å²) in [6.45, 7) is 0. The van der Waals surface area contributed by atoms with Gasteiger partial charge in [-0.2, -0.15) is 11.8 Å². The van der Waals surface area contributed by atoms with Gasteiger partial charge in [0.2, 0.25) is 5.41 Å². The van der Waals surface area contributed by atoms with Crippen molar-refractivity contribution in [3.05, 3.63) is 71.8 Å². The Bertz CT molecular complexity index is 867. The summed E-state index contributed by atoms with van der Waals surface area (Å²) in [5.41, 5.74) is -1.05. The van der Waals surface area contributed by atoms with Crippen LogP contribution >= 0.6 is 11.8 Å². The first-order valence-corrected chi connectivity index (χ1v) is 10.1. The number of ketones is 1. The molecule has 0 aliphatic carbocycles. The molecular formula is C22H22O6S. The Morgan fingerprint density at radius 1 is 0.931 bits per heavy atom. The number of hydrogen-bond donors (Lipinski definition) is 1. The molecule has 0 unspecified atom stereocenters. The number of aliphatic hydroxyl groups excluding tert-OH is 1. The van der Waals surface area contributed by atoms with E-state index < -0.39 is 40.4 Å². The molecule has 1 aliphatic heterocycles. The highest BCUT2D eigenvalue weighted by Crippen LogP contribution is 2.54. The molecule has 3 rings (SSSR count). The van der Waals surface area contributed by atoms with Crippen molar-refractivity contribution in [1.29, 1.82) is 0 Å². The molecule has 29 heavy (non-hydrogen) atoms. The van der Waals surface area contributed by atoms with E-state index in [-0.39, 0.29) is 5.75 Å². The average molecular weight is 414 g/mol. The molecule has 1 saturated heterocycles. The number of hydrogen-bond acceptors (Lipinski definition) is 7. The van der Waals surface area contributed by atoms with Crippen LogP contribution < -0.4 is 0 Å². The molecule has 2 aromatic rings. The third-order valence-corrected chi connectivity index (χ3v) is 6.68. The fourth-order valence-corrected chi connectivity index (χ4v) is 5.41. The Morgan fingerprint density at radius 3 is 1.97 bits per heavy atom. The zero-order valence-corrected chi connectivity index (χ0v) is 16.9. The van der Waals surface area contributed by atoms with E-state index in [1.807, 2.05) is 30.3 Å². The maximum atomic E-state index is 13.6. The van der Waals surface area contributed by atoms with Gasteiger partial charge in [0.1, 0.15) is 0 Å². The van der Waals surface area contributed by atoms with Crippen molar-refractivity contribution in [2.45, 2.75) is 11.4 Å². The van der Waals surface area contributed by atoms with E-state index in [4.69, 9.17) is 9.47 Å². The third kappa shape index (κ3) is 3.56. The summed E-state index contributed by atoms with van der Waals surface area (Å²) in [7, 11) is 2.26. The summed E-state index contributed by atoms with van der Waals surface area (Å²) in [5.74, 6) is -3.52. The quantitative estimate of drug-likeness (QED) is 0.457. The van der Waals surface area contributed by atoms with Crippen LogP contribution in [0.15, 0.2) is 60.7 Å². The van der Waals surface area contributed by atoms with E-state index in [0.29, 0.717) is 5.56 Å². The molecule has 0 bridgehead atoms. The van der Waals surface area contributed by atoms with E-state index in [1.54, 1.807) is 30.3 Å². The van der Waals surface area contributed by atoms with Gasteiger partial charge in [0.05, 0.1) is 26.2 Å². The number of thioether (sulfide) groups is 1. The maximum absolute atomic E-state index is 13.6. The number of Topliss-reactive ketones (excluding diaryl/α,β-unsaturated/α-hetero) is 1. The molecule has 0 amide bonds. The van der Waals surface area contributed by atoms with E-state index in [9.17, 15) is 19.5 Å². The minimum Gasteiger partial charge on any atom is -0.468 e. The van der Waals surface area contributed by atoms with Gasteiger partial charge >= 0.3 is 11.9 Å². The highest BCUT2D eigenvalue weighted by Gasteiger charge is 2.66. The highest BCUT2D eigenvalue weighted by molar-refractivity contribution is 7.99. The van der Waals surface area contributed by atoms with Gasteiger partial charge in [-0.15, -0.1) is 0 Å². The lowest BCUT2D eigenvalue weighted by Gasteiger charge is -2.45. The van der Waals surface area contributed by atoms with Crippen LogP contribution in [0.4, 0.5) is 0 Å². The van der Waals surface area contributed by atoms with Gasteiger partial charge in [0.15, 0.2) is 5.78 Å². The molecule has 0 spiro atoms. The first kappa shape index (κ1) is 21.1. The molecule has 0 aromatic heterocycles. The van der Waals surface area contributed by atoms with E-state index in [1.165, 1.54) is 11.8 Å². The number of carbonyl (C=O) groups is 3. The van der Waals surface area contributed by atoms with E-state index in [0.717, 1.165) is 19.8 Å². The molecule has 1 heterocycles. The average Bonchev–Trinajstić information content (AvgIpc) is 2.78. The van der Waals surface area contributed by atoms with Crippen molar-refractivity contribution in [3.63, 3.8) is 0 Å². The van der Waals surface area contributed by atoms with Gasteiger partial charge in [-0.05, 0) is 5.56 Å². The monoisotopic (exact) mass is 414 g/mol. The minimum absolute atomic E-state index is 0.0718. The summed E-state index contributed by atoms with van der Waals surface area (Å²) < 4.78 is 9.85. The van der Waals surface area contributed by atoms with E-state index >= 15 is 0 Å². The highest BCUT2D eigenvalue weighted by atomic mass is 32.2. The van der Waals surface area contributed by atoms with Crippen LogP contribution in [0, 0.1) is 11.3 Å². The summed E-state index contributed by atoms with van der Waals surface area (Å²) >= 11 is 1.33. The Kier molecular flexibility index (Phi) is 6.39. The van der Waals surface area contributed by atoms with Crippen LogP contribution in [0.1, 0.15) is 21.2 Å². The predicted molar refractivity (Wildman–Crippen MR) is 108 cm³/mol. The lowest BCUT2D eigenvalue weighted by molar-refractivity contribution is -0.182. The number of ether oxygens (including phenoxy) is 2. The standard InChI is InChI=1S/C22H22O6S/c1-27-20(25)22(21(26)28-2)16(23)13-29-19(15-11-7-4-8-12-15)17(22)18(24)14-9-5-3-6-10-14/h3-12,16-17,19,23H,13H2,1-2H3/t16-,17+,19-/m0/s1. The smallest absolute Gasteiger partial charge is 0.326 e. The molecule has 1 fully saturated rings. The molecule has 6 nitrogen and oxygen atoms in total. The third-order valence-electron chi connectivity index (χ3n) is 5.27.